The zero-order chi connectivity index (χ0) is 13.7. The van der Waals surface area contributed by atoms with Crippen molar-refractivity contribution in [3.8, 4) is 0 Å². The van der Waals surface area contributed by atoms with Crippen molar-refractivity contribution in [2.24, 2.45) is 7.05 Å². The predicted molar refractivity (Wildman–Crippen MR) is 75.9 cm³/mol. The molecule has 2 heterocycles. The van der Waals surface area contributed by atoms with Crippen LogP contribution in [0.25, 0.3) is 0 Å². The van der Waals surface area contributed by atoms with Crippen LogP contribution >= 0.6 is 0 Å². The lowest BCUT2D eigenvalue weighted by Gasteiger charge is -2.17. The molecule has 104 valence electrons. The first-order valence-corrected chi connectivity index (χ1v) is 6.98. The van der Waals surface area contributed by atoms with Crippen molar-refractivity contribution in [3.05, 3.63) is 36.4 Å². The Morgan fingerprint density at radius 2 is 2.11 bits per heavy atom. The smallest absolute Gasteiger partial charge is 0.132 e. The molecule has 0 bridgehead atoms. The average Bonchev–Trinajstić information content (AvgIpc) is 3.01. The highest BCUT2D eigenvalue weighted by Crippen LogP contribution is 2.19. The quantitative estimate of drug-likeness (QED) is 0.830. The Labute approximate surface area is 114 Å². The van der Waals surface area contributed by atoms with Crippen molar-refractivity contribution in [2.75, 3.05) is 6.54 Å². The van der Waals surface area contributed by atoms with Crippen LogP contribution in [0.2, 0.25) is 0 Å². The molecule has 1 N–H and O–H groups in total. The number of imidazole rings is 2. The Balaban J connectivity index is 2.28. The molecule has 0 radical (unpaired) electrons. The molecule has 0 spiro atoms. The lowest BCUT2D eigenvalue weighted by Crippen LogP contribution is -2.26. The lowest BCUT2D eigenvalue weighted by molar-refractivity contribution is 0.523. The van der Waals surface area contributed by atoms with Crippen LogP contribution in [-0.4, -0.2) is 25.6 Å². The molecular formula is C14H23N5. The molecule has 0 aliphatic heterocycles. The van der Waals surface area contributed by atoms with Gasteiger partial charge in [-0.1, -0.05) is 13.8 Å². The fourth-order valence-electron chi connectivity index (χ4n) is 2.21. The Hall–Kier alpha value is -1.62. The van der Waals surface area contributed by atoms with E-state index in [1.165, 1.54) is 0 Å². The molecular weight excluding hydrogens is 238 g/mol. The molecule has 5 heteroatoms. The molecule has 5 nitrogen and oxygen atoms in total. The zero-order valence-corrected chi connectivity index (χ0v) is 12.0. The normalized spacial score (nSPS) is 12.8. The highest BCUT2D eigenvalue weighted by atomic mass is 15.1. The summed E-state index contributed by atoms with van der Waals surface area (Å²) in [5.74, 6) is 1.05. The zero-order valence-electron chi connectivity index (χ0n) is 12.0. The first-order valence-electron chi connectivity index (χ1n) is 6.98. The van der Waals surface area contributed by atoms with Crippen LogP contribution in [0.4, 0.5) is 0 Å². The number of hydrogen-bond acceptors (Lipinski definition) is 3. The van der Waals surface area contributed by atoms with Gasteiger partial charge in [0.15, 0.2) is 0 Å². The van der Waals surface area contributed by atoms with Crippen LogP contribution in [0, 0.1) is 0 Å². The first-order chi connectivity index (χ1) is 9.26. The molecule has 2 aromatic heterocycles. The van der Waals surface area contributed by atoms with E-state index in [4.69, 9.17) is 0 Å². The van der Waals surface area contributed by atoms with Crippen molar-refractivity contribution >= 4 is 0 Å². The van der Waals surface area contributed by atoms with E-state index in [2.05, 4.69) is 39.9 Å². The first kappa shape index (κ1) is 13.8. The second-order valence-corrected chi connectivity index (χ2v) is 4.83. The molecule has 0 aromatic carbocycles. The van der Waals surface area contributed by atoms with Gasteiger partial charge in [-0.3, -0.25) is 0 Å². The summed E-state index contributed by atoms with van der Waals surface area (Å²) < 4.78 is 4.19. The standard InChI is InChI=1S/C14H23N5/c1-4-6-15-13(12-10-18(3)11-17-12)14-16-7-9-19(14)8-5-2/h7,9-11,13,15H,4-6,8H2,1-3H3. The molecule has 0 saturated heterocycles. The number of hydrogen-bond donors (Lipinski definition) is 1. The van der Waals surface area contributed by atoms with Crippen molar-refractivity contribution in [1.82, 2.24) is 24.4 Å². The summed E-state index contributed by atoms with van der Waals surface area (Å²) in [6.45, 7) is 6.30. The Bertz CT molecular complexity index is 499. The summed E-state index contributed by atoms with van der Waals surface area (Å²) in [5.41, 5.74) is 1.03. The molecule has 0 amide bonds. The minimum atomic E-state index is 0.0719. The molecule has 0 aliphatic rings. The Morgan fingerprint density at radius 1 is 1.26 bits per heavy atom. The van der Waals surface area contributed by atoms with Crippen LogP contribution in [0.1, 0.15) is 44.2 Å². The SMILES string of the molecule is CCCNC(c1cn(C)cn1)c1nccn1CCC. The number of aromatic nitrogens is 4. The van der Waals surface area contributed by atoms with Gasteiger partial charge in [-0.2, -0.15) is 0 Å². The molecule has 1 unspecified atom stereocenters. The van der Waals surface area contributed by atoms with E-state index in [9.17, 15) is 0 Å². The summed E-state index contributed by atoms with van der Waals surface area (Å²) in [4.78, 5) is 9.00. The largest absolute Gasteiger partial charge is 0.340 e. The van der Waals surface area contributed by atoms with E-state index in [1.54, 1.807) is 0 Å². The maximum absolute atomic E-state index is 4.52. The van der Waals surface area contributed by atoms with Gasteiger partial charge in [-0.05, 0) is 19.4 Å². The number of aryl methyl sites for hydroxylation is 2. The third-order valence-electron chi connectivity index (χ3n) is 3.09. The van der Waals surface area contributed by atoms with Gasteiger partial charge in [0.1, 0.15) is 11.9 Å². The number of nitrogens with one attached hydrogen (secondary N) is 1. The van der Waals surface area contributed by atoms with Crippen LogP contribution in [0.15, 0.2) is 24.9 Å². The third-order valence-corrected chi connectivity index (χ3v) is 3.09. The number of rotatable bonds is 7. The summed E-state index contributed by atoms with van der Waals surface area (Å²) >= 11 is 0. The van der Waals surface area contributed by atoms with Gasteiger partial charge in [-0.25, -0.2) is 9.97 Å². The van der Waals surface area contributed by atoms with Crippen LogP contribution in [0.5, 0.6) is 0 Å². The molecule has 1 atom stereocenters. The summed E-state index contributed by atoms with van der Waals surface area (Å²) in [5, 5.41) is 3.54. The predicted octanol–water partition coefficient (Wildman–Crippen LogP) is 2.12. The van der Waals surface area contributed by atoms with Crippen LogP contribution < -0.4 is 5.32 Å². The van der Waals surface area contributed by atoms with Gasteiger partial charge < -0.3 is 14.5 Å². The van der Waals surface area contributed by atoms with E-state index >= 15 is 0 Å². The molecule has 0 aliphatic carbocycles. The fraction of sp³-hybridized carbons (Fsp3) is 0.571. The minimum Gasteiger partial charge on any atom is -0.340 e. The van der Waals surface area contributed by atoms with E-state index in [0.717, 1.165) is 37.4 Å². The Morgan fingerprint density at radius 3 is 2.74 bits per heavy atom. The third kappa shape index (κ3) is 3.23. The monoisotopic (exact) mass is 261 g/mol. The second kappa shape index (κ2) is 6.52. The summed E-state index contributed by atoms with van der Waals surface area (Å²) in [7, 11) is 1.99. The number of nitrogens with zero attached hydrogens (tertiary/aromatic N) is 4. The lowest BCUT2D eigenvalue weighted by atomic mass is 10.2. The van der Waals surface area contributed by atoms with Crippen molar-refractivity contribution in [1.29, 1.82) is 0 Å². The summed E-state index contributed by atoms with van der Waals surface area (Å²) in [6.07, 6.45) is 10.0. The topological polar surface area (TPSA) is 47.7 Å². The highest BCUT2D eigenvalue weighted by molar-refractivity contribution is 5.16. The molecule has 0 saturated carbocycles. The van der Waals surface area contributed by atoms with Crippen molar-refractivity contribution in [3.63, 3.8) is 0 Å². The van der Waals surface area contributed by atoms with Crippen LogP contribution in [-0.2, 0) is 13.6 Å². The average molecular weight is 261 g/mol. The Kier molecular flexibility index (Phi) is 4.74. The van der Waals surface area contributed by atoms with Gasteiger partial charge in [0.25, 0.3) is 0 Å². The van der Waals surface area contributed by atoms with E-state index in [1.807, 2.05) is 30.3 Å². The van der Waals surface area contributed by atoms with E-state index in [-0.39, 0.29) is 6.04 Å². The maximum Gasteiger partial charge on any atom is 0.132 e. The fourth-order valence-corrected chi connectivity index (χ4v) is 2.21. The van der Waals surface area contributed by atoms with Crippen LogP contribution in [0.3, 0.4) is 0 Å². The van der Waals surface area contributed by atoms with E-state index < -0.39 is 0 Å². The van der Waals surface area contributed by atoms with Gasteiger partial charge in [0, 0.05) is 32.2 Å². The minimum absolute atomic E-state index is 0.0719. The highest BCUT2D eigenvalue weighted by Gasteiger charge is 2.20. The van der Waals surface area contributed by atoms with Crippen molar-refractivity contribution in [2.45, 2.75) is 39.3 Å². The molecule has 2 aromatic rings. The van der Waals surface area contributed by atoms with Gasteiger partial charge in [-0.15, -0.1) is 0 Å². The molecule has 0 fully saturated rings. The van der Waals surface area contributed by atoms with E-state index in [0.29, 0.717) is 0 Å². The van der Waals surface area contributed by atoms with Gasteiger partial charge in [0.2, 0.25) is 0 Å². The molecule has 2 rings (SSSR count). The second-order valence-electron chi connectivity index (χ2n) is 4.83. The van der Waals surface area contributed by atoms with Crippen molar-refractivity contribution < 1.29 is 0 Å². The summed E-state index contributed by atoms with van der Waals surface area (Å²) in [6, 6.07) is 0.0719. The molecule has 19 heavy (non-hydrogen) atoms. The van der Waals surface area contributed by atoms with Gasteiger partial charge >= 0.3 is 0 Å². The van der Waals surface area contributed by atoms with Gasteiger partial charge in [0.05, 0.1) is 12.0 Å². The maximum atomic E-state index is 4.52.